The molecule has 1 aromatic carbocycles. The monoisotopic (exact) mass is 249 g/mol. The van der Waals surface area contributed by atoms with Crippen molar-refractivity contribution < 1.29 is 4.74 Å². The van der Waals surface area contributed by atoms with Crippen LogP contribution in [0.5, 0.6) is 5.75 Å². The Morgan fingerprint density at radius 1 is 1.35 bits per heavy atom. The van der Waals surface area contributed by atoms with E-state index in [0.29, 0.717) is 6.61 Å². The zero-order chi connectivity index (χ0) is 12.1. The number of hydrogen-bond donors (Lipinski definition) is 1. The molecule has 2 aromatic rings. The maximum atomic E-state index is 5.45. The number of anilines is 1. The van der Waals surface area contributed by atoms with Crippen molar-refractivity contribution in [3.63, 3.8) is 0 Å². The summed E-state index contributed by atoms with van der Waals surface area (Å²) in [6, 6.07) is 7.83. The minimum absolute atomic E-state index is 0.663. The van der Waals surface area contributed by atoms with Crippen LogP contribution in [0.15, 0.2) is 24.3 Å². The van der Waals surface area contributed by atoms with E-state index in [2.05, 4.69) is 14.7 Å². The van der Waals surface area contributed by atoms with E-state index < -0.39 is 0 Å². The van der Waals surface area contributed by atoms with Crippen LogP contribution < -0.4 is 10.1 Å². The highest BCUT2D eigenvalue weighted by atomic mass is 32.1. The number of nitrogens with zero attached hydrogens (tertiary/aromatic N) is 2. The van der Waals surface area contributed by atoms with Crippen molar-refractivity contribution >= 4 is 16.7 Å². The second-order valence-electron chi connectivity index (χ2n) is 3.41. The van der Waals surface area contributed by atoms with Gasteiger partial charge in [-0.15, -0.1) is 0 Å². The van der Waals surface area contributed by atoms with Crippen molar-refractivity contribution in [1.82, 2.24) is 9.36 Å². The van der Waals surface area contributed by atoms with Crippen LogP contribution in [0.3, 0.4) is 0 Å². The molecule has 1 aromatic heterocycles. The summed E-state index contributed by atoms with van der Waals surface area (Å²) >= 11 is 1.38. The minimum atomic E-state index is 0.663. The highest BCUT2D eigenvalue weighted by molar-refractivity contribution is 7.09. The van der Waals surface area contributed by atoms with Gasteiger partial charge in [-0.05, 0) is 26.0 Å². The van der Waals surface area contributed by atoms with Crippen LogP contribution in [0.4, 0.5) is 5.13 Å². The number of nitrogens with one attached hydrogen (secondary N) is 1. The van der Waals surface area contributed by atoms with Crippen LogP contribution >= 0.6 is 11.5 Å². The molecule has 0 amide bonds. The van der Waals surface area contributed by atoms with E-state index in [-0.39, 0.29) is 0 Å². The van der Waals surface area contributed by atoms with Crippen molar-refractivity contribution in [2.45, 2.75) is 13.8 Å². The Balaban J connectivity index is 2.22. The van der Waals surface area contributed by atoms with Crippen LogP contribution in [-0.4, -0.2) is 22.5 Å². The topological polar surface area (TPSA) is 47.0 Å². The van der Waals surface area contributed by atoms with Crippen LogP contribution in [-0.2, 0) is 0 Å². The Bertz CT molecular complexity index is 484. The normalized spacial score (nSPS) is 10.2. The van der Waals surface area contributed by atoms with Gasteiger partial charge < -0.3 is 10.1 Å². The quantitative estimate of drug-likeness (QED) is 0.884. The zero-order valence-electron chi connectivity index (χ0n) is 9.93. The number of hydrogen-bond acceptors (Lipinski definition) is 5. The van der Waals surface area contributed by atoms with Gasteiger partial charge in [0.2, 0.25) is 5.13 Å². The average Bonchev–Trinajstić information content (AvgIpc) is 2.79. The minimum Gasteiger partial charge on any atom is -0.494 e. The maximum absolute atomic E-state index is 5.45. The van der Waals surface area contributed by atoms with E-state index in [1.807, 2.05) is 38.1 Å². The van der Waals surface area contributed by atoms with Gasteiger partial charge in [0, 0.05) is 23.6 Å². The van der Waals surface area contributed by atoms with Crippen molar-refractivity contribution in [2.75, 3.05) is 18.5 Å². The number of ether oxygens (including phenoxy) is 1. The standard InChI is InChI=1S/C12H15N3OS/c1-3-13-12-14-11(15-17-12)9-6-5-7-10(8-9)16-4-2/h5-8H,3-4H2,1-2H3,(H,13,14,15). The summed E-state index contributed by atoms with van der Waals surface area (Å²) in [6.07, 6.45) is 0. The van der Waals surface area contributed by atoms with E-state index in [1.54, 1.807) is 0 Å². The lowest BCUT2D eigenvalue weighted by atomic mass is 10.2. The van der Waals surface area contributed by atoms with Gasteiger partial charge in [0.05, 0.1) is 6.61 Å². The Kier molecular flexibility index (Phi) is 3.93. The molecular weight excluding hydrogens is 234 g/mol. The Morgan fingerprint density at radius 3 is 3.00 bits per heavy atom. The van der Waals surface area contributed by atoms with Crippen LogP contribution in [0.2, 0.25) is 0 Å². The van der Waals surface area contributed by atoms with Crippen LogP contribution in [0, 0.1) is 0 Å². The van der Waals surface area contributed by atoms with Gasteiger partial charge in [-0.1, -0.05) is 12.1 Å². The first-order valence-electron chi connectivity index (χ1n) is 5.64. The van der Waals surface area contributed by atoms with Gasteiger partial charge in [0.25, 0.3) is 0 Å². The molecule has 0 saturated carbocycles. The molecular formula is C12H15N3OS. The van der Waals surface area contributed by atoms with Crippen LogP contribution in [0.1, 0.15) is 13.8 Å². The first-order valence-corrected chi connectivity index (χ1v) is 6.41. The SMILES string of the molecule is CCNc1nc(-c2cccc(OCC)c2)ns1. The molecule has 17 heavy (non-hydrogen) atoms. The summed E-state index contributed by atoms with van der Waals surface area (Å²) in [5, 5.41) is 4.00. The van der Waals surface area contributed by atoms with Gasteiger partial charge in [-0.2, -0.15) is 9.36 Å². The number of rotatable bonds is 5. The third-order valence-electron chi connectivity index (χ3n) is 2.16. The second-order valence-corrected chi connectivity index (χ2v) is 4.17. The zero-order valence-corrected chi connectivity index (χ0v) is 10.8. The molecule has 0 aliphatic rings. The van der Waals surface area contributed by atoms with Gasteiger partial charge in [-0.25, -0.2) is 0 Å². The molecule has 4 nitrogen and oxygen atoms in total. The van der Waals surface area contributed by atoms with Gasteiger partial charge in [0.1, 0.15) is 5.75 Å². The van der Waals surface area contributed by atoms with Crippen molar-refractivity contribution in [2.24, 2.45) is 0 Å². The molecule has 90 valence electrons. The lowest BCUT2D eigenvalue weighted by Crippen LogP contribution is -1.95. The van der Waals surface area contributed by atoms with E-state index in [9.17, 15) is 0 Å². The number of aromatic nitrogens is 2. The van der Waals surface area contributed by atoms with E-state index in [0.717, 1.165) is 28.8 Å². The molecule has 1 heterocycles. The molecule has 0 radical (unpaired) electrons. The molecule has 0 spiro atoms. The number of benzene rings is 1. The molecule has 1 N–H and O–H groups in total. The Morgan fingerprint density at radius 2 is 2.24 bits per heavy atom. The van der Waals surface area contributed by atoms with Gasteiger partial charge in [0.15, 0.2) is 5.82 Å². The van der Waals surface area contributed by atoms with E-state index in [4.69, 9.17) is 4.74 Å². The third kappa shape index (κ3) is 2.94. The molecule has 0 fully saturated rings. The second kappa shape index (κ2) is 5.63. The fourth-order valence-corrected chi connectivity index (χ4v) is 2.11. The average molecular weight is 249 g/mol. The van der Waals surface area contributed by atoms with Gasteiger partial charge >= 0.3 is 0 Å². The molecule has 0 unspecified atom stereocenters. The predicted octanol–water partition coefficient (Wildman–Crippen LogP) is 3.04. The highest BCUT2D eigenvalue weighted by Gasteiger charge is 2.06. The molecule has 0 aliphatic heterocycles. The molecule has 0 atom stereocenters. The first kappa shape index (κ1) is 11.9. The van der Waals surface area contributed by atoms with Crippen molar-refractivity contribution in [1.29, 1.82) is 0 Å². The largest absolute Gasteiger partial charge is 0.494 e. The summed E-state index contributed by atoms with van der Waals surface area (Å²) in [7, 11) is 0. The fraction of sp³-hybridized carbons (Fsp3) is 0.333. The summed E-state index contributed by atoms with van der Waals surface area (Å²) < 4.78 is 9.77. The third-order valence-corrected chi connectivity index (χ3v) is 2.83. The lowest BCUT2D eigenvalue weighted by Gasteiger charge is -2.03. The summed E-state index contributed by atoms with van der Waals surface area (Å²) in [5.74, 6) is 1.59. The predicted molar refractivity (Wildman–Crippen MR) is 70.7 cm³/mol. The van der Waals surface area contributed by atoms with Gasteiger partial charge in [-0.3, -0.25) is 0 Å². The van der Waals surface area contributed by atoms with Crippen molar-refractivity contribution in [3.8, 4) is 17.1 Å². The Labute approximate surface area is 105 Å². The summed E-state index contributed by atoms with van der Waals surface area (Å²) in [6.45, 7) is 5.53. The summed E-state index contributed by atoms with van der Waals surface area (Å²) in [5.41, 5.74) is 0.983. The van der Waals surface area contributed by atoms with E-state index >= 15 is 0 Å². The molecule has 5 heteroatoms. The highest BCUT2D eigenvalue weighted by Crippen LogP contribution is 2.24. The maximum Gasteiger partial charge on any atom is 0.202 e. The van der Waals surface area contributed by atoms with Crippen molar-refractivity contribution in [3.05, 3.63) is 24.3 Å². The molecule has 0 bridgehead atoms. The first-order chi connectivity index (χ1) is 8.33. The molecule has 2 rings (SSSR count). The molecule has 0 aliphatic carbocycles. The fourth-order valence-electron chi connectivity index (χ4n) is 1.46. The summed E-state index contributed by atoms with van der Waals surface area (Å²) in [4.78, 5) is 4.41. The van der Waals surface area contributed by atoms with Crippen LogP contribution in [0.25, 0.3) is 11.4 Å². The molecule has 0 saturated heterocycles. The Hall–Kier alpha value is -1.62. The lowest BCUT2D eigenvalue weighted by molar-refractivity contribution is 0.340. The van der Waals surface area contributed by atoms with E-state index in [1.165, 1.54) is 11.5 Å². The smallest absolute Gasteiger partial charge is 0.202 e.